The van der Waals surface area contributed by atoms with E-state index in [1.807, 2.05) is 31.2 Å². The lowest BCUT2D eigenvalue weighted by atomic mass is 10.1. The number of nitrogens with zero attached hydrogens (tertiary/aromatic N) is 1. The van der Waals surface area contributed by atoms with Crippen molar-refractivity contribution in [1.29, 1.82) is 0 Å². The van der Waals surface area contributed by atoms with E-state index in [1.165, 1.54) is 12.1 Å². The molecule has 0 aliphatic carbocycles. The summed E-state index contributed by atoms with van der Waals surface area (Å²) in [6.07, 6.45) is 1.05. The van der Waals surface area contributed by atoms with Crippen LogP contribution in [0.15, 0.2) is 48.5 Å². The topological polar surface area (TPSA) is 58.6 Å². The van der Waals surface area contributed by atoms with E-state index in [2.05, 4.69) is 5.32 Å². The largest absolute Gasteiger partial charge is 0.497 e. The highest BCUT2D eigenvalue weighted by molar-refractivity contribution is 5.87. The van der Waals surface area contributed by atoms with E-state index >= 15 is 0 Å². The van der Waals surface area contributed by atoms with Gasteiger partial charge in [-0.15, -0.1) is 0 Å². The van der Waals surface area contributed by atoms with Crippen molar-refractivity contribution in [1.82, 2.24) is 10.2 Å². The molecular weight excluding hydrogens is 359 g/mol. The molecule has 0 bridgehead atoms. The van der Waals surface area contributed by atoms with E-state index in [0.717, 1.165) is 16.9 Å². The zero-order chi connectivity index (χ0) is 20.5. The van der Waals surface area contributed by atoms with Crippen molar-refractivity contribution in [2.75, 3.05) is 7.11 Å². The molecule has 0 aliphatic rings. The summed E-state index contributed by atoms with van der Waals surface area (Å²) in [4.78, 5) is 26.7. The monoisotopic (exact) mass is 386 g/mol. The molecule has 0 aromatic heterocycles. The molecule has 150 valence electrons. The Morgan fingerprint density at radius 2 is 1.68 bits per heavy atom. The first-order valence-electron chi connectivity index (χ1n) is 9.39. The SMILES string of the molecule is CCCC(=O)N(Cc1ccc(F)cc1)[C@@H](C)C(=O)NCc1ccc(OC)cc1. The fourth-order valence-electron chi connectivity index (χ4n) is 2.81. The number of hydrogen-bond acceptors (Lipinski definition) is 3. The highest BCUT2D eigenvalue weighted by Crippen LogP contribution is 2.14. The zero-order valence-corrected chi connectivity index (χ0v) is 16.6. The van der Waals surface area contributed by atoms with Crippen LogP contribution < -0.4 is 10.1 Å². The van der Waals surface area contributed by atoms with Gasteiger partial charge in [-0.25, -0.2) is 4.39 Å². The molecule has 0 saturated heterocycles. The average Bonchev–Trinajstić information content (AvgIpc) is 2.71. The quantitative estimate of drug-likeness (QED) is 0.715. The fourth-order valence-corrected chi connectivity index (χ4v) is 2.81. The van der Waals surface area contributed by atoms with Gasteiger partial charge in [0.25, 0.3) is 0 Å². The molecule has 2 amide bonds. The molecule has 0 aliphatic heterocycles. The molecule has 2 aromatic rings. The van der Waals surface area contributed by atoms with Gasteiger partial charge in [-0.2, -0.15) is 0 Å². The molecule has 5 nitrogen and oxygen atoms in total. The number of methoxy groups -OCH3 is 1. The van der Waals surface area contributed by atoms with Crippen LogP contribution in [0.25, 0.3) is 0 Å². The molecule has 0 unspecified atom stereocenters. The fraction of sp³-hybridized carbons (Fsp3) is 0.364. The summed E-state index contributed by atoms with van der Waals surface area (Å²) in [5, 5.41) is 2.87. The molecule has 0 fully saturated rings. The Bertz CT molecular complexity index is 775. The molecule has 0 heterocycles. The minimum atomic E-state index is -0.637. The van der Waals surface area contributed by atoms with E-state index in [1.54, 1.807) is 31.1 Å². The van der Waals surface area contributed by atoms with Gasteiger partial charge >= 0.3 is 0 Å². The van der Waals surface area contributed by atoms with E-state index in [4.69, 9.17) is 4.74 Å². The Morgan fingerprint density at radius 3 is 2.25 bits per heavy atom. The molecule has 2 rings (SSSR count). The summed E-state index contributed by atoms with van der Waals surface area (Å²) in [5.41, 5.74) is 1.71. The lowest BCUT2D eigenvalue weighted by Crippen LogP contribution is -2.47. The number of halogens is 1. The number of rotatable bonds is 9. The number of carbonyl (C=O) groups is 2. The summed E-state index contributed by atoms with van der Waals surface area (Å²) in [6.45, 7) is 4.25. The third-order valence-electron chi connectivity index (χ3n) is 4.52. The molecule has 1 N–H and O–H groups in total. The Kier molecular flexibility index (Phi) is 7.99. The first kappa shape index (κ1) is 21.4. The Morgan fingerprint density at radius 1 is 1.07 bits per heavy atom. The van der Waals surface area contributed by atoms with E-state index in [0.29, 0.717) is 19.4 Å². The van der Waals surface area contributed by atoms with E-state index in [9.17, 15) is 14.0 Å². The van der Waals surface area contributed by atoms with Crippen LogP contribution in [-0.4, -0.2) is 29.9 Å². The van der Waals surface area contributed by atoms with Gasteiger partial charge in [-0.1, -0.05) is 31.2 Å². The maximum atomic E-state index is 13.1. The van der Waals surface area contributed by atoms with Crippen molar-refractivity contribution in [2.24, 2.45) is 0 Å². The molecule has 28 heavy (non-hydrogen) atoms. The first-order valence-corrected chi connectivity index (χ1v) is 9.39. The second-order valence-electron chi connectivity index (χ2n) is 6.64. The second kappa shape index (κ2) is 10.4. The predicted molar refractivity (Wildman–Crippen MR) is 106 cm³/mol. The second-order valence-corrected chi connectivity index (χ2v) is 6.64. The van der Waals surface area contributed by atoms with Gasteiger partial charge in [0.2, 0.25) is 11.8 Å². The molecular formula is C22H27FN2O3. The van der Waals surface area contributed by atoms with Crippen molar-refractivity contribution in [3.63, 3.8) is 0 Å². The number of nitrogens with one attached hydrogen (secondary N) is 1. The van der Waals surface area contributed by atoms with Gasteiger partial charge < -0.3 is 15.0 Å². The van der Waals surface area contributed by atoms with Gasteiger partial charge in [-0.05, 0) is 48.7 Å². The van der Waals surface area contributed by atoms with Crippen molar-refractivity contribution < 1.29 is 18.7 Å². The summed E-state index contributed by atoms with van der Waals surface area (Å²) in [6, 6.07) is 12.7. The number of carbonyl (C=O) groups excluding carboxylic acids is 2. The first-order chi connectivity index (χ1) is 13.4. The summed E-state index contributed by atoms with van der Waals surface area (Å²) in [7, 11) is 1.60. The van der Waals surface area contributed by atoms with Crippen molar-refractivity contribution in [3.05, 3.63) is 65.5 Å². The number of ether oxygens (including phenoxy) is 1. The molecule has 6 heteroatoms. The van der Waals surface area contributed by atoms with Crippen LogP contribution in [0.4, 0.5) is 4.39 Å². The van der Waals surface area contributed by atoms with Crippen molar-refractivity contribution >= 4 is 11.8 Å². The lowest BCUT2D eigenvalue weighted by Gasteiger charge is -2.28. The standard InChI is InChI=1S/C22H27FN2O3/c1-4-5-21(26)25(15-18-6-10-19(23)11-7-18)16(2)22(27)24-14-17-8-12-20(28-3)13-9-17/h6-13,16H,4-5,14-15H2,1-3H3,(H,24,27)/t16-/m0/s1. The van der Waals surface area contributed by atoms with Crippen LogP contribution in [0, 0.1) is 5.82 Å². The molecule has 1 atom stereocenters. The highest BCUT2D eigenvalue weighted by Gasteiger charge is 2.25. The third-order valence-corrected chi connectivity index (χ3v) is 4.52. The summed E-state index contributed by atoms with van der Waals surface area (Å²) >= 11 is 0. The zero-order valence-electron chi connectivity index (χ0n) is 16.6. The Labute approximate surface area is 165 Å². The number of hydrogen-bond donors (Lipinski definition) is 1. The lowest BCUT2D eigenvalue weighted by molar-refractivity contribution is -0.140. The van der Waals surface area contributed by atoms with Crippen LogP contribution in [-0.2, 0) is 22.7 Å². The van der Waals surface area contributed by atoms with Crippen LogP contribution in [0.3, 0.4) is 0 Å². The Hall–Kier alpha value is -2.89. The molecule has 0 spiro atoms. The van der Waals surface area contributed by atoms with Gasteiger partial charge in [-0.3, -0.25) is 9.59 Å². The summed E-state index contributed by atoms with van der Waals surface area (Å²) in [5.74, 6) is 0.0841. The normalized spacial score (nSPS) is 11.6. The molecule has 0 saturated carbocycles. The highest BCUT2D eigenvalue weighted by atomic mass is 19.1. The Balaban J connectivity index is 2.04. The van der Waals surface area contributed by atoms with Gasteiger partial charge in [0.05, 0.1) is 7.11 Å². The van der Waals surface area contributed by atoms with Crippen LogP contribution in [0.2, 0.25) is 0 Å². The number of benzene rings is 2. The maximum absolute atomic E-state index is 13.1. The smallest absolute Gasteiger partial charge is 0.242 e. The van der Waals surface area contributed by atoms with Crippen molar-refractivity contribution in [3.8, 4) is 5.75 Å². The van der Waals surface area contributed by atoms with Crippen molar-refractivity contribution in [2.45, 2.75) is 45.8 Å². The van der Waals surface area contributed by atoms with Gasteiger partial charge in [0, 0.05) is 19.5 Å². The third kappa shape index (κ3) is 6.08. The van der Waals surface area contributed by atoms with Crippen LogP contribution in [0.1, 0.15) is 37.8 Å². The maximum Gasteiger partial charge on any atom is 0.242 e. The number of amides is 2. The molecule has 2 aromatic carbocycles. The van der Waals surface area contributed by atoms with Crippen LogP contribution in [0.5, 0.6) is 5.75 Å². The predicted octanol–water partition coefficient (Wildman–Crippen LogP) is 3.67. The minimum absolute atomic E-state index is 0.0982. The van der Waals surface area contributed by atoms with E-state index in [-0.39, 0.29) is 24.2 Å². The van der Waals surface area contributed by atoms with Gasteiger partial charge in [0.1, 0.15) is 17.6 Å². The minimum Gasteiger partial charge on any atom is -0.497 e. The summed E-state index contributed by atoms with van der Waals surface area (Å²) < 4.78 is 18.3. The van der Waals surface area contributed by atoms with E-state index < -0.39 is 6.04 Å². The average molecular weight is 386 g/mol. The van der Waals surface area contributed by atoms with Gasteiger partial charge in [0.15, 0.2) is 0 Å². The molecule has 0 radical (unpaired) electrons. The van der Waals surface area contributed by atoms with Crippen LogP contribution >= 0.6 is 0 Å².